The molecule has 7 nitrogen and oxygen atoms in total. The van der Waals surface area contributed by atoms with Gasteiger partial charge in [0.15, 0.2) is 11.5 Å². The van der Waals surface area contributed by atoms with E-state index in [0.29, 0.717) is 18.8 Å². The van der Waals surface area contributed by atoms with Crippen LogP contribution in [0, 0.1) is 0 Å². The largest absolute Gasteiger partial charge is 0.486 e. The van der Waals surface area contributed by atoms with Crippen molar-refractivity contribution in [3.8, 4) is 11.5 Å². The lowest BCUT2D eigenvalue weighted by Gasteiger charge is -2.36. The van der Waals surface area contributed by atoms with Gasteiger partial charge in [0.25, 0.3) is 0 Å². The van der Waals surface area contributed by atoms with Gasteiger partial charge in [0.2, 0.25) is 0 Å². The van der Waals surface area contributed by atoms with Crippen molar-refractivity contribution in [2.24, 2.45) is 0 Å². The summed E-state index contributed by atoms with van der Waals surface area (Å²) in [5.41, 5.74) is 3.71. The average molecular weight is 421 g/mol. The summed E-state index contributed by atoms with van der Waals surface area (Å²) in [7, 11) is 0. The van der Waals surface area contributed by atoms with Gasteiger partial charge in [-0.2, -0.15) is 0 Å². The van der Waals surface area contributed by atoms with E-state index in [-0.39, 0.29) is 0 Å². The number of H-pyrrole nitrogens is 1. The minimum atomic E-state index is -0.884. The number of carboxylic acids is 1. The van der Waals surface area contributed by atoms with E-state index in [1.54, 1.807) is 12.1 Å². The first-order valence-corrected chi connectivity index (χ1v) is 10.9. The molecule has 0 unspecified atom stereocenters. The van der Waals surface area contributed by atoms with Crippen LogP contribution in [0.2, 0.25) is 0 Å². The minimum absolute atomic E-state index is 0.337. The predicted octanol–water partition coefficient (Wildman–Crippen LogP) is 3.39. The second-order valence-electron chi connectivity index (χ2n) is 8.14. The highest BCUT2D eigenvalue weighted by molar-refractivity contribution is 5.94. The van der Waals surface area contributed by atoms with Crippen LogP contribution in [0.1, 0.15) is 22.3 Å². The Balaban J connectivity index is 1.14. The molecule has 7 heteroatoms. The van der Waals surface area contributed by atoms with Crippen LogP contribution >= 0.6 is 0 Å². The first-order valence-electron chi connectivity index (χ1n) is 10.9. The number of carboxylic acid groups (broad SMARTS) is 1. The maximum absolute atomic E-state index is 11.3. The molecule has 3 aromatic rings. The molecule has 0 bridgehead atoms. The van der Waals surface area contributed by atoms with Crippen LogP contribution < -0.4 is 14.4 Å². The molecule has 0 radical (unpaired) electrons. The standard InChI is InChI=1S/C24H27N3O4/c28-24(29)17-3-5-21-20(14-17)18(16-25-21)2-1-7-26-8-10-27(11-9-26)19-4-6-22-23(15-19)31-13-12-30-22/h3-6,14-16,25H,1-2,7-13H2,(H,28,29). The number of rotatable bonds is 6. The zero-order valence-electron chi connectivity index (χ0n) is 17.5. The fourth-order valence-electron chi connectivity index (χ4n) is 4.47. The van der Waals surface area contributed by atoms with Crippen molar-refractivity contribution in [3.63, 3.8) is 0 Å². The third kappa shape index (κ3) is 4.18. The smallest absolute Gasteiger partial charge is 0.335 e. The van der Waals surface area contributed by atoms with Crippen LogP contribution in [-0.2, 0) is 6.42 Å². The molecule has 1 fully saturated rings. The Morgan fingerprint density at radius 1 is 1.00 bits per heavy atom. The number of hydrogen-bond acceptors (Lipinski definition) is 5. The molecule has 162 valence electrons. The second-order valence-corrected chi connectivity index (χ2v) is 8.14. The summed E-state index contributed by atoms with van der Waals surface area (Å²) in [6.45, 7) is 6.32. The lowest BCUT2D eigenvalue weighted by atomic mass is 10.1. The molecule has 2 aliphatic heterocycles. The molecule has 2 aromatic carbocycles. The van der Waals surface area contributed by atoms with E-state index >= 15 is 0 Å². The molecule has 2 aliphatic rings. The maximum atomic E-state index is 11.3. The number of hydrogen-bond donors (Lipinski definition) is 2. The molecule has 1 saturated heterocycles. The normalized spacial score (nSPS) is 16.6. The molecular formula is C24H27N3O4. The summed E-state index contributed by atoms with van der Waals surface area (Å²) >= 11 is 0. The van der Waals surface area contributed by atoms with Gasteiger partial charge in [-0.3, -0.25) is 4.90 Å². The van der Waals surface area contributed by atoms with Gasteiger partial charge in [0.1, 0.15) is 13.2 Å². The van der Waals surface area contributed by atoms with Gasteiger partial charge in [0.05, 0.1) is 5.56 Å². The number of benzene rings is 2. The van der Waals surface area contributed by atoms with Gasteiger partial charge >= 0.3 is 5.97 Å². The molecule has 5 rings (SSSR count). The quantitative estimate of drug-likeness (QED) is 0.635. The van der Waals surface area contributed by atoms with Gasteiger partial charge in [-0.15, -0.1) is 0 Å². The van der Waals surface area contributed by atoms with E-state index in [4.69, 9.17) is 9.47 Å². The second kappa shape index (κ2) is 8.51. The van der Waals surface area contributed by atoms with Crippen molar-refractivity contribution in [1.29, 1.82) is 0 Å². The molecule has 1 aromatic heterocycles. The van der Waals surface area contributed by atoms with Crippen LogP contribution in [0.4, 0.5) is 5.69 Å². The Labute approximate surface area is 181 Å². The zero-order valence-corrected chi connectivity index (χ0v) is 17.5. The Hall–Kier alpha value is -3.19. The number of aryl methyl sites for hydroxylation is 1. The molecule has 0 amide bonds. The summed E-state index contributed by atoms with van der Waals surface area (Å²) in [5.74, 6) is 0.794. The first-order chi connectivity index (χ1) is 15.2. The average Bonchev–Trinajstić information content (AvgIpc) is 3.21. The number of piperazine rings is 1. The lowest BCUT2D eigenvalue weighted by Crippen LogP contribution is -2.46. The molecule has 0 saturated carbocycles. The predicted molar refractivity (Wildman–Crippen MR) is 120 cm³/mol. The van der Waals surface area contributed by atoms with Crippen molar-refractivity contribution in [3.05, 3.63) is 53.7 Å². The van der Waals surface area contributed by atoms with Crippen LogP contribution in [-0.4, -0.2) is 66.9 Å². The van der Waals surface area contributed by atoms with Crippen molar-refractivity contribution in [2.75, 3.05) is 50.8 Å². The topological polar surface area (TPSA) is 78.0 Å². The maximum Gasteiger partial charge on any atom is 0.335 e. The van der Waals surface area contributed by atoms with Crippen LogP contribution in [0.25, 0.3) is 10.9 Å². The summed E-state index contributed by atoms with van der Waals surface area (Å²) < 4.78 is 11.3. The van der Waals surface area contributed by atoms with Gasteiger partial charge in [0, 0.05) is 55.0 Å². The number of aromatic carboxylic acids is 1. The van der Waals surface area contributed by atoms with E-state index in [2.05, 4.69) is 26.9 Å². The zero-order chi connectivity index (χ0) is 21.2. The number of aromatic amines is 1. The summed E-state index contributed by atoms with van der Waals surface area (Å²) in [6, 6.07) is 11.5. The Morgan fingerprint density at radius 3 is 2.61 bits per heavy atom. The summed E-state index contributed by atoms with van der Waals surface area (Å²) in [6.07, 6.45) is 4.00. The Morgan fingerprint density at radius 2 is 1.81 bits per heavy atom. The van der Waals surface area contributed by atoms with Crippen molar-refractivity contribution < 1.29 is 19.4 Å². The summed E-state index contributed by atoms with van der Waals surface area (Å²) in [5, 5.41) is 10.3. The highest BCUT2D eigenvalue weighted by atomic mass is 16.6. The highest BCUT2D eigenvalue weighted by Crippen LogP contribution is 2.34. The number of nitrogens with zero attached hydrogens (tertiary/aromatic N) is 2. The number of aromatic nitrogens is 1. The van der Waals surface area contributed by atoms with E-state index in [0.717, 1.165) is 68.0 Å². The monoisotopic (exact) mass is 421 g/mol. The third-order valence-corrected chi connectivity index (χ3v) is 6.20. The molecule has 31 heavy (non-hydrogen) atoms. The number of anilines is 1. The third-order valence-electron chi connectivity index (χ3n) is 6.20. The Kier molecular flexibility index (Phi) is 5.42. The van der Waals surface area contributed by atoms with Gasteiger partial charge < -0.3 is 24.5 Å². The molecule has 2 N–H and O–H groups in total. The lowest BCUT2D eigenvalue weighted by molar-refractivity contribution is 0.0697. The SMILES string of the molecule is O=C(O)c1ccc2[nH]cc(CCCN3CCN(c4ccc5c(c4)OCCO5)CC3)c2c1. The van der Waals surface area contributed by atoms with E-state index < -0.39 is 5.97 Å². The number of nitrogens with one attached hydrogen (secondary N) is 1. The summed E-state index contributed by atoms with van der Waals surface area (Å²) in [4.78, 5) is 19.4. The van der Waals surface area contributed by atoms with Crippen LogP contribution in [0.5, 0.6) is 11.5 Å². The fraction of sp³-hybridized carbons (Fsp3) is 0.375. The highest BCUT2D eigenvalue weighted by Gasteiger charge is 2.19. The van der Waals surface area contributed by atoms with Crippen molar-refractivity contribution in [2.45, 2.75) is 12.8 Å². The van der Waals surface area contributed by atoms with Gasteiger partial charge in [-0.25, -0.2) is 4.79 Å². The van der Waals surface area contributed by atoms with E-state index in [1.807, 2.05) is 18.3 Å². The van der Waals surface area contributed by atoms with Gasteiger partial charge in [-0.1, -0.05) is 0 Å². The molecular weight excluding hydrogens is 394 g/mol. The van der Waals surface area contributed by atoms with Crippen molar-refractivity contribution in [1.82, 2.24) is 9.88 Å². The number of ether oxygens (including phenoxy) is 2. The van der Waals surface area contributed by atoms with Crippen LogP contribution in [0.15, 0.2) is 42.6 Å². The van der Waals surface area contributed by atoms with Crippen LogP contribution in [0.3, 0.4) is 0 Å². The molecule has 0 aliphatic carbocycles. The molecule has 0 atom stereocenters. The fourth-order valence-corrected chi connectivity index (χ4v) is 4.47. The molecule has 3 heterocycles. The van der Waals surface area contributed by atoms with E-state index in [9.17, 15) is 9.90 Å². The Bertz CT molecular complexity index is 1090. The number of fused-ring (bicyclic) bond motifs is 2. The first kappa shape index (κ1) is 19.8. The van der Waals surface area contributed by atoms with E-state index in [1.165, 1.54) is 11.3 Å². The molecule has 0 spiro atoms. The van der Waals surface area contributed by atoms with Crippen molar-refractivity contribution >= 4 is 22.6 Å². The van der Waals surface area contributed by atoms with Gasteiger partial charge in [-0.05, 0) is 55.3 Å². The minimum Gasteiger partial charge on any atom is -0.486 e. The number of carbonyl (C=O) groups is 1.